The van der Waals surface area contributed by atoms with E-state index in [1.807, 2.05) is 6.92 Å². The third-order valence-corrected chi connectivity index (χ3v) is 3.81. The van der Waals surface area contributed by atoms with Gasteiger partial charge in [0.15, 0.2) is 5.78 Å². The molecule has 0 saturated heterocycles. The highest BCUT2D eigenvalue weighted by Crippen LogP contribution is 2.26. The summed E-state index contributed by atoms with van der Waals surface area (Å²) >= 11 is 2.08. The number of Topliss-reactive ketones (excluding diaryl/α,β-unsaturated/α-hetero) is 1. The smallest absolute Gasteiger partial charge is 0.160 e. The van der Waals surface area contributed by atoms with Crippen molar-refractivity contribution in [3.05, 3.63) is 38.9 Å². The van der Waals surface area contributed by atoms with E-state index in [1.54, 1.807) is 6.07 Å². The minimum absolute atomic E-state index is 0.205. The molecule has 1 N–H and O–H groups in total. The fourth-order valence-corrected chi connectivity index (χ4v) is 2.49. The fourth-order valence-electron chi connectivity index (χ4n) is 1.88. The van der Waals surface area contributed by atoms with Gasteiger partial charge < -0.3 is 5.32 Å². The number of allylic oxidation sites excluding steroid dienone is 2. The van der Waals surface area contributed by atoms with Crippen LogP contribution in [0.4, 0.5) is 10.1 Å². The number of benzene rings is 1. The van der Waals surface area contributed by atoms with E-state index in [4.69, 9.17) is 0 Å². The Morgan fingerprint density at radius 2 is 2.12 bits per heavy atom. The summed E-state index contributed by atoms with van der Waals surface area (Å²) in [7, 11) is 0. The van der Waals surface area contributed by atoms with Crippen molar-refractivity contribution in [1.82, 2.24) is 0 Å². The number of hydrogen-bond donors (Lipinski definition) is 1. The second-order valence-electron chi connectivity index (χ2n) is 4.13. The molecule has 0 aromatic heterocycles. The van der Waals surface area contributed by atoms with Crippen molar-refractivity contribution in [3.8, 4) is 0 Å². The van der Waals surface area contributed by atoms with Crippen LogP contribution in [0.15, 0.2) is 29.5 Å². The molecule has 17 heavy (non-hydrogen) atoms. The number of rotatable bonds is 2. The topological polar surface area (TPSA) is 29.1 Å². The molecule has 2 rings (SSSR count). The lowest BCUT2D eigenvalue weighted by atomic mass is 9.96. The highest BCUT2D eigenvalue weighted by atomic mass is 127. The summed E-state index contributed by atoms with van der Waals surface area (Å²) in [6.07, 6.45) is 2.40. The minimum atomic E-state index is -0.245. The molecule has 0 amide bonds. The number of anilines is 1. The maximum atomic E-state index is 13.0. The Labute approximate surface area is 113 Å². The van der Waals surface area contributed by atoms with E-state index in [9.17, 15) is 9.18 Å². The first-order chi connectivity index (χ1) is 8.08. The van der Waals surface area contributed by atoms with E-state index in [-0.39, 0.29) is 11.6 Å². The molecule has 0 spiro atoms. The molecule has 1 aliphatic rings. The second kappa shape index (κ2) is 5.16. The van der Waals surface area contributed by atoms with E-state index in [2.05, 4.69) is 27.9 Å². The van der Waals surface area contributed by atoms with Crippen molar-refractivity contribution in [2.45, 2.75) is 26.2 Å². The van der Waals surface area contributed by atoms with Crippen LogP contribution in [0.1, 0.15) is 26.2 Å². The van der Waals surface area contributed by atoms with Crippen molar-refractivity contribution in [1.29, 1.82) is 0 Å². The van der Waals surface area contributed by atoms with Gasteiger partial charge in [0.1, 0.15) is 5.82 Å². The molecule has 0 bridgehead atoms. The predicted octanol–water partition coefficient (Wildman–Crippen LogP) is 3.87. The summed E-state index contributed by atoms with van der Waals surface area (Å²) in [4.78, 5) is 11.6. The van der Waals surface area contributed by atoms with E-state index in [0.29, 0.717) is 6.42 Å². The number of halogens is 2. The van der Waals surface area contributed by atoms with Crippen molar-refractivity contribution in [2.24, 2.45) is 0 Å². The van der Waals surface area contributed by atoms with Crippen molar-refractivity contribution >= 4 is 34.1 Å². The summed E-state index contributed by atoms with van der Waals surface area (Å²) in [5.41, 5.74) is 2.62. The summed E-state index contributed by atoms with van der Waals surface area (Å²) < 4.78 is 13.8. The Hall–Kier alpha value is -0.910. The molecule has 0 radical (unpaired) electrons. The number of carbonyl (C=O) groups is 1. The van der Waals surface area contributed by atoms with Gasteiger partial charge in [-0.05, 0) is 60.6 Å². The molecule has 2 nitrogen and oxygen atoms in total. The summed E-state index contributed by atoms with van der Waals surface area (Å²) in [5.74, 6) is -0.0405. The second-order valence-corrected chi connectivity index (χ2v) is 5.29. The van der Waals surface area contributed by atoms with Crippen LogP contribution >= 0.6 is 22.6 Å². The standard InChI is InChI=1S/C13H13FINO/c1-8-11(3-2-4-13(8)17)16-12-6-5-9(14)7-10(12)15/h5-7,16H,2-4H2,1H3. The zero-order chi connectivity index (χ0) is 12.4. The Kier molecular flexibility index (Phi) is 3.81. The molecule has 0 saturated carbocycles. The zero-order valence-electron chi connectivity index (χ0n) is 9.52. The molecule has 90 valence electrons. The van der Waals surface area contributed by atoms with Gasteiger partial charge in [0, 0.05) is 21.3 Å². The monoisotopic (exact) mass is 345 g/mol. The number of nitrogens with one attached hydrogen (secondary N) is 1. The van der Waals surface area contributed by atoms with E-state index in [1.165, 1.54) is 12.1 Å². The Bertz CT molecular complexity index is 496. The number of ketones is 1. The van der Waals surface area contributed by atoms with Gasteiger partial charge in [0.25, 0.3) is 0 Å². The van der Waals surface area contributed by atoms with Crippen LogP contribution in [-0.2, 0) is 4.79 Å². The maximum absolute atomic E-state index is 13.0. The molecule has 0 unspecified atom stereocenters. The molecule has 1 aromatic carbocycles. The Balaban J connectivity index is 2.26. The van der Waals surface area contributed by atoms with E-state index < -0.39 is 0 Å². The molecule has 1 aliphatic carbocycles. The van der Waals surface area contributed by atoms with Crippen molar-refractivity contribution in [2.75, 3.05) is 5.32 Å². The molecule has 1 aromatic rings. The van der Waals surface area contributed by atoms with Gasteiger partial charge >= 0.3 is 0 Å². The molecule has 0 fully saturated rings. The van der Waals surface area contributed by atoms with Crippen LogP contribution in [0, 0.1) is 9.39 Å². The van der Waals surface area contributed by atoms with Gasteiger partial charge in [0.05, 0.1) is 5.69 Å². The molecule has 0 heterocycles. The van der Waals surface area contributed by atoms with Crippen LogP contribution in [0.3, 0.4) is 0 Å². The zero-order valence-corrected chi connectivity index (χ0v) is 11.7. The lowest BCUT2D eigenvalue weighted by molar-refractivity contribution is -0.116. The van der Waals surface area contributed by atoms with E-state index >= 15 is 0 Å². The van der Waals surface area contributed by atoms with Crippen LogP contribution < -0.4 is 5.32 Å². The van der Waals surface area contributed by atoms with Gasteiger partial charge in [-0.1, -0.05) is 0 Å². The van der Waals surface area contributed by atoms with Crippen LogP contribution in [0.2, 0.25) is 0 Å². The molecule has 0 atom stereocenters. The van der Waals surface area contributed by atoms with Gasteiger partial charge in [0.2, 0.25) is 0 Å². The molecule has 0 aliphatic heterocycles. The van der Waals surface area contributed by atoms with E-state index in [0.717, 1.165) is 33.4 Å². The molecule has 4 heteroatoms. The summed E-state index contributed by atoms with van der Waals surface area (Å²) in [6.45, 7) is 1.85. The van der Waals surface area contributed by atoms with Crippen LogP contribution in [0.5, 0.6) is 0 Å². The lowest BCUT2D eigenvalue weighted by Gasteiger charge is -2.19. The van der Waals surface area contributed by atoms with Crippen molar-refractivity contribution in [3.63, 3.8) is 0 Å². The van der Waals surface area contributed by atoms with Gasteiger partial charge in [-0.15, -0.1) is 0 Å². The Morgan fingerprint density at radius 3 is 2.82 bits per heavy atom. The average molecular weight is 345 g/mol. The molecular formula is C13H13FINO. The summed E-state index contributed by atoms with van der Waals surface area (Å²) in [6, 6.07) is 4.60. The maximum Gasteiger partial charge on any atom is 0.160 e. The highest BCUT2D eigenvalue weighted by Gasteiger charge is 2.17. The summed E-state index contributed by atoms with van der Waals surface area (Å²) in [5, 5.41) is 3.24. The quantitative estimate of drug-likeness (QED) is 0.825. The largest absolute Gasteiger partial charge is 0.358 e. The first-order valence-corrected chi connectivity index (χ1v) is 6.61. The Morgan fingerprint density at radius 1 is 1.35 bits per heavy atom. The number of hydrogen-bond acceptors (Lipinski definition) is 2. The van der Waals surface area contributed by atoms with Gasteiger partial charge in [-0.25, -0.2) is 4.39 Å². The first kappa shape index (κ1) is 12.5. The van der Waals surface area contributed by atoms with Crippen LogP contribution in [-0.4, -0.2) is 5.78 Å². The average Bonchev–Trinajstić information content (AvgIpc) is 2.28. The third-order valence-electron chi connectivity index (χ3n) is 2.92. The van der Waals surface area contributed by atoms with Gasteiger partial charge in [-0.2, -0.15) is 0 Å². The molecular weight excluding hydrogens is 332 g/mol. The van der Waals surface area contributed by atoms with Gasteiger partial charge in [-0.3, -0.25) is 4.79 Å². The van der Waals surface area contributed by atoms with Crippen molar-refractivity contribution < 1.29 is 9.18 Å². The lowest BCUT2D eigenvalue weighted by Crippen LogP contribution is -2.14. The van der Waals surface area contributed by atoms with Crippen LogP contribution in [0.25, 0.3) is 0 Å². The minimum Gasteiger partial charge on any atom is -0.358 e. The predicted molar refractivity (Wildman–Crippen MR) is 74.3 cm³/mol. The SMILES string of the molecule is CC1=C(Nc2ccc(F)cc2I)CCCC1=O. The normalized spacial score (nSPS) is 16.3. The highest BCUT2D eigenvalue weighted by molar-refractivity contribution is 14.1. The third kappa shape index (κ3) is 2.86. The first-order valence-electron chi connectivity index (χ1n) is 5.53. The number of carbonyl (C=O) groups excluding carboxylic acids is 1. The fraction of sp³-hybridized carbons (Fsp3) is 0.308.